The van der Waals surface area contributed by atoms with Crippen LogP contribution in [0.25, 0.3) is 0 Å². The maximum absolute atomic E-state index is 12.8. The standard InChI is InChI=1S/C9H9F2N/c10-9(11)7(8(9)12)6-4-2-1-3-5-6/h1-5,7-8H,12H2/t7-,8+/m1/s1. The molecule has 3 heteroatoms. The van der Waals surface area contributed by atoms with Crippen LogP contribution in [0.2, 0.25) is 0 Å². The van der Waals surface area contributed by atoms with Crippen molar-refractivity contribution in [2.45, 2.75) is 17.9 Å². The zero-order valence-corrected chi connectivity index (χ0v) is 6.37. The molecule has 1 aromatic rings. The van der Waals surface area contributed by atoms with Crippen molar-refractivity contribution in [3.05, 3.63) is 35.9 Å². The molecule has 0 heterocycles. The number of rotatable bonds is 1. The summed E-state index contributed by atoms with van der Waals surface area (Å²) >= 11 is 0. The number of alkyl halides is 2. The molecular formula is C9H9F2N. The van der Waals surface area contributed by atoms with E-state index in [2.05, 4.69) is 0 Å². The van der Waals surface area contributed by atoms with Crippen molar-refractivity contribution in [3.63, 3.8) is 0 Å². The lowest BCUT2D eigenvalue weighted by Gasteiger charge is -1.95. The molecule has 0 aromatic heterocycles. The molecule has 2 atom stereocenters. The fourth-order valence-corrected chi connectivity index (χ4v) is 1.44. The average molecular weight is 169 g/mol. The van der Waals surface area contributed by atoms with Gasteiger partial charge in [-0.2, -0.15) is 0 Å². The molecule has 0 bridgehead atoms. The van der Waals surface area contributed by atoms with E-state index in [1.54, 1.807) is 30.3 Å². The van der Waals surface area contributed by atoms with Crippen LogP contribution in [0.3, 0.4) is 0 Å². The Hall–Kier alpha value is -0.960. The molecular weight excluding hydrogens is 160 g/mol. The van der Waals surface area contributed by atoms with Crippen LogP contribution < -0.4 is 5.73 Å². The number of hydrogen-bond acceptors (Lipinski definition) is 1. The molecule has 0 aliphatic heterocycles. The van der Waals surface area contributed by atoms with Gasteiger partial charge in [-0.3, -0.25) is 0 Å². The van der Waals surface area contributed by atoms with Gasteiger partial charge in [-0.1, -0.05) is 30.3 Å². The predicted molar refractivity (Wildman–Crippen MR) is 42.1 cm³/mol. The van der Waals surface area contributed by atoms with E-state index in [4.69, 9.17) is 5.73 Å². The highest BCUT2D eigenvalue weighted by Crippen LogP contribution is 2.54. The van der Waals surface area contributed by atoms with Gasteiger partial charge in [0.05, 0.1) is 12.0 Å². The maximum atomic E-state index is 12.8. The van der Waals surface area contributed by atoms with Crippen LogP contribution in [0.15, 0.2) is 30.3 Å². The van der Waals surface area contributed by atoms with E-state index in [0.717, 1.165) is 0 Å². The highest BCUT2D eigenvalue weighted by molar-refractivity contribution is 5.34. The topological polar surface area (TPSA) is 26.0 Å². The largest absolute Gasteiger partial charge is 0.322 e. The van der Waals surface area contributed by atoms with Crippen LogP contribution in [0.5, 0.6) is 0 Å². The second-order valence-electron chi connectivity index (χ2n) is 3.09. The van der Waals surface area contributed by atoms with Gasteiger partial charge in [0.1, 0.15) is 0 Å². The number of halogens is 2. The Morgan fingerprint density at radius 3 is 2.08 bits per heavy atom. The smallest absolute Gasteiger partial charge is 0.272 e. The molecule has 64 valence electrons. The number of nitrogens with two attached hydrogens (primary N) is 1. The zero-order chi connectivity index (χ0) is 8.77. The van der Waals surface area contributed by atoms with Crippen LogP contribution in [-0.4, -0.2) is 12.0 Å². The summed E-state index contributed by atoms with van der Waals surface area (Å²) < 4.78 is 25.5. The minimum absolute atomic E-state index is 0.634. The molecule has 0 radical (unpaired) electrons. The molecule has 0 saturated heterocycles. The molecule has 2 N–H and O–H groups in total. The van der Waals surface area contributed by atoms with E-state index in [9.17, 15) is 8.78 Å². The lowest BCUT2D eigenvalue weighted by molar-refractivity contribution is 0.105. The molecule has 0 spiro atoms. The lowest BCUT2D eigenvalue weighted by Crippen LogP contribution is -2.08. The Morgan fingerprint density at radius 2 is 1.67 bits per heavy atom. The number of hydrogen-bond donors (Lipinski definition) is 1. The van der Waals surface area contributed by atoms with Crippen LogP contribution in [0.4, 0.5) is 8.78 Å². The second kappa shape index (κ2) is 2.26. The molecule has 2 rings (SSSR count). The summed E-state index contributed by atoms with van der Waals surface area (Å²) in [5, 5.41) is 0. The van der Waals surface area contributed by atoms with Gasteiger partial charge in [0.15, 0.2) is 0 Å². The fraction of sp³-hybridized carbons (Fsp3) is 0.333. The normalized spacial score (nSPS) is 31.6. The maximum Gasteiger partial charge on any atom is 0.272 e. The van der Waals surface area contributed by atoms with Crippen LogP contribution >= 0.6 is 0 Å². The Bertz CT molecular complexity index is 284. The fourth-order valence-electron chi connectivity index (χ4n) is 1.44. The van der Waals surface area contributed by atoms with Gasteiger partial charge in [0, 0.05) is 0 Å². The number of benzene rings is 1. The van der Waals surface area contributed by atoms with Crippen molar-refractivity contribution in [1.29, 1.82) is 0 Å². The highest BCUT2D eigenvalue weighted by atomic mass is 19.3. The van der Waals surface area contributed by atoms with Crippen LogP contribution in [0, 0.1) is 0 Å². The summed E-state index contributed by atoms with van der Waals surface area (Å²) in [6, 6.07) is 7.68. The molecule has 1 nitrogen and oxygen atoms in total. The van der Waals surface area contributed by atoms with Crippen LogP contribution in [-0.2, 0) is 0 Å². The van der Waals surface area contributed by atoms with E-state index in [-0.39, 0.29) is 0 Å². The summed E-state index contributed by atoms with van der Waals surface area (Å²) in [4.78, 5) is 0. The predicted octanol–water partition coefficient (Wildman–Crippen LogP) is 1.75. The third-order valence-corrected chi connectivity index (χ3v) is 2.27. The minimum atomic E-state index is -2.69. The molecule has 1 fully saturated rings. The van der Waals surface area contributed by atoms with E-state index >= 15 is 0 Å². The molecule has 12 heavy (non-hydrogen) atoms. The first kappa shape index (κ1) is 7.68. The summed E-state index contributed by atoms with van der Waals surface area (Å²) in [5.74, 6) is -3.46. The van der Waals surface area contributed by atoms with Gasteiger partial charge >= 0.3 is 0 Å². The third kappa shape index (κ3) is 0.932. The first-order chi connectivity index (χ1) is 5.64. The van der Waals surface area contributed by atoms with Gasteiger partial charge in [-0.25, -0.2) is 8.78 Å². The van der Waals surface area contributed by atoms with Crippen molar-refractivity contribution in [1.82, 2.24) is 0 Å². The van der Waals surface area contributed by atoms with Gasteiger partial charge < -0.3 is 5.73 Å². The molecule has 1 aromatic carbocycles. The molecule has 1 aliphatic rings. The molecule has 1 saturated carbocycles. The van der Waals surface area contributed by atoms with Crippen molar-refractivity contribution in [2.75, 3.05) is 0 Å². The SMILES string of the molecule is N[C@H]1[C@@H](c2ccccc2)C1(F)F. The average Bonchev–Trinajstić information content (AvgIpc) is 2.53. The first-order valence-corrected chi connectivity index (χ1v) is 3.82. The second-order valence-corrected chi connectivity index (χ2v) is 3.09. The van der Waals surface area contributed by atoms with Crippen molar-refractivity contribution < 1.29 is 8.78 Å². The van der Waals surface area contributed by atoms with Crippen molar-refractivity contribution in [2.24, 2.45) is 5.73 Å². The first-order valence-electron chi connectivity index (χ1n) is 3.82. The Balaban J connectivity index is 2.25. The van der Waals surface area contributed by atoms with E-state index in [0.29, 0.717) is 5.56 Å². The van der Waals surface area contributed by atoms with Crippen molar-refractivity contribution >= 4 is 0 Å². The summed E-state index contributed by atoms with van der Waals surface area (Å²) in [6.45, 7) is 0. The quantitative estimate of drug-likeness (QED) is 0.680. The lowest BCUT2D eigenvalue weighted by atomic mass is 10.1. The zero-order valence-electron chi connectivity index (χ0n) is 6.37. The van der Waals surface area contributed by atoms with Gasteiger partial charge in [0.2, 0.25) is 0 Å². The van der Waals surface area contributed by atoms with E-state index in [1.807, 2.05) is 0 Å². The Kier molecular flexibility index (Phi) is 1.45. The van der Waals surface area contributed by atoms with Gasteiger partial charge in [-0.05, 0) is 5.56 Å². The van der Waals surface area contributed by atoms with E-state index < -0.39 is 17.9 Å². The van der Waals surface area contributed by atoms with Gasteiger partial charge in [-0.15, -0.1) is 0 Å². The molecule has 1 aliphatic carbocycles. The van der Waals surface area contributed by atoms with Crippen LogP contribution in [0.1, 0.15) is 11.5 Å². The monoisotopic (exact) mass is 169 g/mol. The van der Waals surface area contributed by atoms with E-state index in [1.165, 1.54) is 0 Å². The summed E-state index contributed by atoms with van der Waals surface area (Å²) in [5.41, 5.74) is 5.86. The Labute approximate surface area is 69.2 Å². The van der Waals surface area contributed by atoms with Crippen molar-refractivity contribution in [3.8, 4) is 0 Å². The molecule has 0 amide bonds. The molecule has 0 unspecified atom stereocenters. The highest BCUT2D eigenvalue weighted by Gasteiger charge is 2.66. The third-order valence-electron chi connectivity index (χ3n) is 2.27. The Morgan fingerprint density at radius 1 is 1.17 bits per heavy atom. The van der Waals surface area contributed by atoms with Gasteiger partial charge in [0.25, 0.3) is 5.92 Å². The summed E-state index contributed by atoms with van der Waals surface area (Å²) in [6.07, 6.45) is 0. The summed E-state index contributed by atoms with van der Waals surface area (Å²) in [7, 11) is 0. The minimum Gasteiger partial charge on any atom is -0.322 e.